The van der Waals surface area contributed by atoms with Crippen LogP contribution in [0.25, 0.3) is 6.08 Å². The van der Waals surface area contributed by atoms with Crippen LogP contribution in [-0.4, -0.2) is 63.2 Å². The van der Waals surface area contributed by atoms with Gasteiger partial charge in [-0.05, 0) is 55.6 Å². The SMILES string of the molecule is COc1cc(C=CC(=O)N(CCN(C)C)Cc2cccc(Cl)c2)cc2c1OCCO2. The molecule has 30 heavy (non-hydrogen) atoms. The van der Waals surface area contributed by atoms with Gasteiger partial charge in [-0.3, -0.25) is 4.79 Å². The predicted octanol–water partition coefficient (Wildman–Crippen LogP) is 3.72. The van der Waals surface area contributed by atoms with Crippen LogP contribution in [0.1, 0.15) is 11.1 Å². The van der Waals surface area contributed by atoms with Crippen molar-refractivity contribution in [3.63, 3.8) is 0 Å². The van der Waals surface area contributed by atoms with Gasteiger partial charge in [0.2, 0.25) is 11.7 Å². The van der Waals surface area contributed by atoms with Crippen molar-refractivity contribution in [1.82, 2.24) is 9.80 Å². The van der Waals surface area contributed by atoms with E-state index < -0.39 is 0 Å². The number of methoxy groups -OCH3 is 1. The zero-order valence-electron chi connectivity index (χ0n) is 17.6. The molecule has 0 saturated heterocycles. The second kappa shape index (κ2) is 10.4. The Balaban J connectivity index is 1.78. The lowest BCUT2D eigenvalue weighted by Gasteiger charge is -2.23. The molecule has 1 aliphatic heterocycles. The Labute approximate surface area is 182 Å². The summed E-state index contributed by atoms with van der Waals surface area (Å²) in [5, 5.41) is 0.659. The summed E-state index contributed by atoms with van der Waals surface area (Å²) in [5.41, 5.74) is 1.80. The van der Waals surface area contributed by atoms with Crippen molar-refractivity contribution in [3.8, 4) is 17.2 Å². The van der Waals surface area contributed by atoms with Crippen LogP contribution in [0.2, 0.25) is 5.02 Å². The van der Waals surface area contributed by atoms with Crippen molar-refractivity contribution in [1.29, 1.82) is 0 Å². The normalized spacial score (nSPS) is 13.0. The second-order valence-electron chi connectivity index (χ2n) is 7.27. The van der Waals surface area contributed by atoms with Crippen LogP contribution in [0.5, 0.6) is 17.2 Å². The maximum atomic E-state index is 13.0. The van der Waals surface area contributed by atoms with Gasteiger partial charge in [0.25, 0.3) is 0 Å². The van der Waals surface area contributed by atoms with Gasteiger partial charge in [-0.1, -0.05) is 23.7 Å². The average Bonchev–Trinajstić information content (AvgIpc) is 2.74. The monoisotopic (exact) mass is 430 g/mol. The van der Waals surface area contributed by atoms with Crippen molar-refractivity contribution < 1.29 is 19.0 Å². The molecule has 1 aliphatic rings. The average molecular weight is 431 g/mol. The number of benzene rings is 2. The Morgan fingerprint density at radius 2 is 1.97 bits per heavy atom. The molecule has 2 aromatic carbocycles. The van der Waals surface area contributed by atoms with Gasteiger partial charge in [-0.2, -0.15) is 0 Å². The molecular formula is C23H27ClN2O4. The van der Waals surface area contributed by atoms with Crippen LogP contribution in [0.15, 0.2) is 42.5 Å². The first-order valence-corrected chi connectivity index (χ1v) is 10.2. The van der Waals surface area contributed by atoms with E-state index in [-0.39, 0.29) is 5.91 Å². The minimum Gasteiger partial charge on any atom is -0.493 e. The molecule has 0 spiro atoms. The van der Waals surface area contributed by atoms with Crippen molar-refractivity contribution in [2.75, 3.05) is 47.5 Å². The van der Waals surface area contributed by atoms with Crippen molar-refractivity contribution in [2.24, 2.45) is 0 Å². The molecule has 0 bridgehead atoms. The van der Waals surface area contributed by atoms with E-state index in [1.165, 1.54) is 0 Å². The summed E-state index contributed by atoms with van der Waals surface area (Å²) in [6.07, 6.45) is 3.34. The fourth-order valence-electron chi connectivity index (χ4n) is 3.11. The van der Waals surface area contributed by atoms with Crippen molar-refractivity contribution >= 4 is 23.6 Å². The van der Waals surface area contributed by atoms with Gasteiger partial charge >= 0.3 is 0 Å². The van der Waals surface area contributed by atoms with Crippen molar-refractivity contribution in [2.45, 2.75) is 6.54 Å². The number of carbonyl (C=O) groups excluding carboxylic acids is 1. The molecule has 7 heteroatoms. The quantitative estimate of drug-likeness (QED) is 0.597. The summed E-state index contributed by atoms with van der Waals surface area (Å²) in [7, 11) is 5.55. The topological polar surface area (TPSA) is 51.2 Å². The molecule has 0 radical (unpaired) electrons. The van der Waals surface area contributed by atoms with Crippen LogP contribution in [-0.2, 0) is 11.3 Å². The number of amides is 1. The fraction of sp³-hybridized carbons (Fsp3) is 0.348. The summed E-state index contributed by atoms with van der Waals surface area (Å²) in [5.74, 6) is 1.73. The number of fused-ring (bicyclic) bond motifs is 1. The standard InChI is InChI=1S/C23H27ClN2O4/c1-25(2)9-10-26(16-18-5-4-6-19(24)13-18)22(27)8-7-17-14-20(28-3)23-21(15-17)29-11-12-30-23/h4-8,13-15H,9-12,16H2,1-3H3. The Kier molecular flexibility index (Phi) is 7.60. The van der Waals surface area contributed by atoms with E-state index in [1.807, 2.05) is 55.4 Å². The number of ether oxygens (including phenoxy) is 3. The molecule has 0 atom stereocenters. The molecule has 6 nitrogen and oxygen atoms in total. The van der Waals surface area contributed by atoms with Gasteiger partial charge in [-0.15, -0.1) is 0 Å². The molecule has 0 unspecified atom stereocenters. The highest BCUT2D eigenvalue weighted by Crippen LogP contribution is 2.40. The van der Waals surface area contributed by atoms with Crippen LogP contribution < -0.4 is 14.2 Å². The van der Waals surface area contributed by atoms with Gasteiger partial charge < -0.3 is 24.0 Å². The zero-order chi connectivity index (χ0) is 21.5. The first kappa shape index (κ1) is 22.0. The van der Waals surface area contributed by atoms with Gasteiger partial charge in [0.15, 0.2) is 11.5 Å². The molecule has 0 saturated carbocycles. The van der Waals surface area contributed by atoms with Gasteiger partial charge in [0.1, 0.15) is 13.2 Å². The molecule has 0 fully saturated rings. The minimum atomic E-state index is -0.0781. The maximum Gasteiger partial charge on any atom is 0.246 e. The number of rotatable bonds is 8. The highest BCUT2D eigenvalue weighted by Gasteiger charge is 2.18. The zero-order valence-corrected chi connectivity index (χ0v) is 18.3. The smallest absolute Gasteiger partial charge is 0.246 e. The van der Waals surface area contributed by atoms with E-state index in [9.17, 15) is 4.79 Å². The Bertz CT molecular complexity index is 897. The third kappa shape index (κ3) is 5.90. The van der Waals surface area contributed by atoms with Gasteiger partial charge in [0.05, 0.1) is 7.11 Å². The van der Waals surface area contributed by atoms with Crippen LogP contribution in [0.4, 0.5) is 0 Å². The number of carbonyl (C=O) groups is 1. The van der Waals surface area contributed by atoms with E-state index in [2.05, 4.69) is 0 Å². The number of hydrogen-bond donors (Lipinski definition) is 0. The minimum absolute atomic E-state index is 0.0781. The number of hydrogen-bond acceptors (Lipinski definition) is 5. The Morgan fingerprint density at radius 3 is 2.70 bits per heavy atom. The van der Waals surface area contributed by atoms with E-state index >= 15 is 0 Å². The molecule has 160 valence electrons. The molecule has 0 aliphatic carbocycles. The summed E-state index contributed by atoms with van der Waals surface area (Å²) in [6, 6.07) is 11.3. The largest absolute Gasteiger partial charge is 0.493 e. The van der Waals surface area contributed by atoms with Gasteiger partial charge in [0, 0.05) is 30.7 Å². The predicted molar refractivity (Wildman–Crippen MR) is 118 cm³/mol. The molecule has 3 rings (SSSR count). The number of nitrogens with zero attached hydrogens (tertiary/aromatic N) is 2. The highest BCUT2D eigenvalue weighted by atomic mass is 35.5. The summed E-state index contributed by atoms with van der Waals surface area (Å²) in [6.45, 7) is 2.83. The van der Waals surface area contributed by atoms with E-state index in [0.29, 0.717) is 48.6 Å². The second-order valence-corrected chi connectivity index (χ2v) is 7.71. The van der Waals surface area contributed by atoms with Crippen LogP contribution >= 0.6 is 11.6 Å². The third-order valence-corrected chi connectivity index (χ3v) is 4.90. The van der Waals surface area contributed by atoms with Crippen molar-refractivity contribution in [3.05, 3.63) is 58.6 Å². The lowest BCUT2D eigenvalue weighted by atomic mass is 10.1. The molecule has 0 aromatic heterocycles. The summed E-state index contributed by atoms with van der Waals surface area (Å²) < 4.78 is 16.7. The van der Waals surface area contributed by atoms with Crippen LogP contribution in [0.3, 0.4) is 0 Å². The highest BCUT2D eigenvalue weighted by molar-refractivity contribution is 6.30. The fourth-order valence-corrected chi connectivity index (χ4v) is 3.32. The van der Waals surface area contributed by atoms with Crippen LogP contribution in [0, 0.1) is 0 Å². The number of likely N-dealkylation sites (N-methyl/N-ethyl adjacent to an activating group) is 1. The van der Waals surface area contributed by atoms with E-state index in [4.69, 9.17) is 25.8 Å². The third-order valence-electron chi connectivity index (χ3n) is 4.66. The first-order chi connectivity index (χ1) is 14.5. The molecule has 0 N–H and O–H groups in total. The van der Waals surface area contributed by atoms with Gasteiger partial charge in [-0.25, -0.2) is 0 Å². The molecule has 1 heterocycles. The Morgan fingerprint density at radius 1 is 1.17 bits per heavy atom. The Hall–Kier alpha value is -2.70. The first-order valence-electron chi connectivity index (χ1n) is 9.80. The lowest BCUT2D eigenvalue weighted by molar-refractivity contribution is -0.126. The maximum absolute atomic E-state index is 13.0. The molecule has 1 amide bonds. The number of halogens is 1. The molecular weight excluding hydrogens is 404 g/mol. The summed E-state index contributed by atoms with van der Waals surface area (Å²) >= 11 is 6.10. The summed E-state index contributed by atoms with van der Waals surface area (Å²) in [4.78, 5) is 16.8. The lowest BCUT2D eigenvalue weighted by Crippen LogP contribution is -2.35. The van der Waals surface area contributed by atoms with E-state index in [1.54, 1.807) is 24.2 Å². The van der Waals surface area contributed by atoms with E-state index in [0.717, 1.165) is 17.7 Å². The molecule has 2 aromatic rings.